The van der Waals surface area contributed by atoms with Crippen LogP contribution in [0.2, 0.25) is 0 Å². The third kappa shape index (κ3) is 10.6. The van der Waals surface area contributed by atoms with Crippen molar-refractivity contribution in [2.24, 2.45) is 5.92 Å². The first-order valence-corrected chi connectivity index (χ1v) is 27.8. The molecule has 71 heavy (non-hydrogen) atoms. The quantitative estimate of drug-likeness (QED) is 0.0762. The number of rotatable bonds is 13. The lowest BCUT2D eigenvalue weighted by Gasteiger charge is -2.44. The van der Waals surface area contributed by atoms with E-state index in [2.05, 4.69) is 70.7 Å². The van der Waals surface area contributed by atoms with Gasteiger partial charge in [0.1, 0.15) is 36.2 Å². The summed E-state index contributed by atoms with van der Waals surface area (Å²) < 4.78 is 65.9. The maximum Gasteiger partial charge on any atom is 0.234 e. The molecule has 15 nitrogen and oxygen atoms in total. The molecule has 2 atom stereocenters. The highest BCUT2D eigenvalue weighted by Gasteiger charge is 2.37. The predicted molar refractivity (Wildman–Crippen MR) is 274 cm³/mol. The van der Waals surface area contributed by atoms with Gasteiger partial charge in [0, 0.05) is 105 Å². The van der Waals surface area contributed by atoms with Crippen LogP contribution in [-0.2, 0) is 25.4 Å². The van der Waals surface area contributed by atoms with E-state index in [1.807, 2.05) is 16.7 Å². The van der Waals surface area contributed by atoms with Gasteiger partial charge in [0.15, 0.2) is 0 Å². The van der Waals surface area contributed by atoms with E-state index >= 15 is 8.78 Å². The van der Waals surface area contributed by atoms with Crippen LogP contribution in [0, 0.1) is 30.3 Å². The molecule has 4 aliphatic rings. The van der Waals surface area contributed by atoms with Crippen molar-refractivity contribution in [1.29, 1.82) is 0 Å². The molecule has 0 aliphatic carbocycles. The summed E-state index contributed by atoms with van der Waals surface area (Å²) >= 11 is 3.57. The number of imide groups is 1. The third-order valence-corrected chi connectivity index (χ3v) is 16.4. The van der Waals surface area contributed by atoms with Crippen LogP contribution in [0.25, 0.3) is 10.9 Å². The number of carbonyl (C=O) groups excluding carboxylic acids is 3. The Hall–Kier alpha value is -5.78. The Labute approximate surface area is 419 Å². The molecule has 4 aliphatic heterocycles. The number of piperazine rings is 1. The molecule has 9 rings (SSSR count). The van der Waals surface area contributed by atoms with Gasteiger partial charge < -0.3 is 34.6 Å². The molecule has 6 heterocycles. The first kappa shape index (κ1) is 50.2. The lowest BCUT2D eigenvalue weighted by atomic mass is 9.89. The zero-order valence-corrected chi connectivity index (χ0v) is 43.1. The molecule has 5 aromatic rings. The topological polar surface area (TPSA) is 165 Å². The van der Waals surface area contributed by atoms with Crippen molar-refractivity contribution in [2.45, 2.75) is 71.3 Å². The molecular weight excluding hydrogens is 1000 g/mol. The minimum Gasteiger partial charge on any atom is -0.492 e. The Morgan fingerprint density at radius 3 is 2.27 bits per heavy atom. The van der Waals surface area contributed by atoms with Crippen LogP contribution in [0.4, 0.5) is 47.7 Å². The second kappa shape index (κ2) is 20.7. The number of halogens is 4. The van der Waals surface area contributed by atoms with Crippen molar-refractivity contribution in [1.82, 2.24) is 30.1 Å². The maximum absolute atomic E-state index is 15.3. The summed E-state index contributed by atoms with van der Waals surface area (Å²) in [5.41, 5.74) is 4.33. The van der Waals surface area contributed by atoms with Gasteiger partial charge >= 0.3 is 0 Å². The minimum absolute atomic E-state index is 0.0209. The van der Waals surface area contributed by atoms with Crippen LogP contribution in [0.1, 0.15) is 68.7 Å². The third-order valence-electron chi connectivity index (χ3n) is 14.2. The fraction of sp³-hybridized carbons (Fsp3) is 0.451. The molecule has 20 heteroatoms. The molecule has 3 N–H and O–H groups in total. The van der Waals surface area contributed by atoms with Gasteiger partial charge in [-0.05, 0) is 117 Å². The summed E-state index contributed by atoms with van der Waals surface area (Å²) in [6, 6.07) is 12.0. The van der Waals surface area contributed by atoms with Gasteiger partial charge in [-0.2, -0.15) is 4.98 Å². The Kier molecular flexibility index (Phi) is 14.7. The first-order chi connectivity index (χ1) is 34.0. The van der Waals surface area contributed by atoms with Crippen LogP contribution in [0.5, 0.6) is 5.75 Å². The number of piperidine rings is 2. The van der Waals surface area contributed by atoms with Crippen LogP contribution < -0.4 is 35.8 Å². The fourth-order valence-electron chi connectivity index (χ4n) is 10.6. The van der Waals surface area contributed by atoms with Crippen molar-refractivity contribution in [2.75, 3.05) is 92.7 Å². The molecule has 4 saturated heterocycles. The highest BCUT2D eigenvalue weighted by molar-refractivity contribution is 9.10. The second-order valence-corrected chi connectivity index (χ2v) is 23.2. The smallest absolute Gasteiger partial charge is 0.234 e. The van der Waals surface area contributed by atoms with E-state index in [-0.39, 0.29) is 35.9 Å². The molecule has 2 aromatic heterocycles. The van der Waals surface area contributed by atoms with E-state index in [4.69, 9.17) is 9.72 Å². The Morgan fingerprint density at radius 1 is 0.873 bits per heavy atom. The standard InChI is InChI=1S/C51H59BrF3N10O5P/c1-6-30-22-42(59-51-56-27-36(52)48(61-51)58-41-10-9-40-35(47(41)71(4,5)69)25-37(53)29(3)57-40)44(70-7-2)26-43(30)63-16-13-32(14-17-63)62-18-20-64(21-19-62)50(68)31-12-15-65(28-31)33-23-38(54)46(39(55)24-33)34-8-11-45(66)60-49(34)67/h9-10,22-27,31-32,34H,6-8,11-21,28H2,1-5H3,(H,60,66,67)(H2,56,58,59,61)/t31-,34-/m1/s1. The number of fused-ring (bicyclic) bond motifs is 1. The Bertz CT molecular complexity index is 2920. The maximum atomic E-state index is 15.3. The zero-order chi connectivity index (χ0) is 50.3. The van der Waals surface area contributed by atoms with Crippen molar-refractivity contribution < 1.29 is 36.9 Å². The highest BCUT2D eigenvalue weighted by Crippen LogP contribution is 2.43. The number of nitrogens with zero attached hydrogens (tertiary/aromatic N) is 7. The summed E-state index contributed by atoms with van der Waals surface area (Å²) in [5.74, 6) is -3.16. The van der Waals surface area contributed by atoms with Crippen LogP contribution >= 0.6 is 23.1 Å². The largest absolute Gasteiger partial charge is 0.492 e. The van der Waals surface area contributed by atoms with Crippen LogP contribution in [0.15, 0.2) is 53.1 Å². The SMILES string of the molecule is CCOc1cc(N2CCC(N3CCN(C(=O)[C@@H]4CCN(c5cc(F)c([C@H]6CCC(=O)NC6=O)c(F)c5)C4)CC3)CC2)c(CC)cc1Nc1ncc(Br)c(Nc2ccc3nc(C)c(F)cc3c2P(C)(C)=O)n1. The van der Waals surface area contributed by atoms with Gasteiger partial charge in [-0.3, -0.25) is 29.6 Å². The number of aryl methyl sites for hydroxylation is 2. The number of pyridine rings is 1. The minimum atomic E-state index is -2.94. The van der Waals surface area contributed by atoms with Crippen molar-refractivity contribution in [3.63, 3.8) is 0 Å². The number of anilines is 6. The van der Waals surface area contributed by atoms with Gasteiger partial charge in [-0.15, -0.1) is 0 Å². The van der Waals surface area contributed by atoms with Gasteiger partial charge in [0.25, 0.3) is 0 Å². The second-order valence-electron chi connectivity index (χ2n) is 19.2. The first-order valence-electron chi connectivity index (χ1n) is 24.4. The molecule has 3 aromatic carbocycles. The molecule has 0 bridgehead atoms. The molecule has 4 fully saturated rings. The molecular formula is C51H59BrF3N10O5P. The summed E-state index contributed by atoms with van der Waals surface area (Å²) in [7, 11) is -2.94. The highest BCUT2D eigenvalue weighted by atomic mass is 79.9. The molecule has 3 amide bonds. The normalized spacial score (nSPS) is 19.4. The Morgan fingerprint density at radius 2 is 1.59 bits per heavy atom. The summed E-state index contributed by atoms with van der Waals surface area (Å²) in [5, 5.41) is 9.84. The number of carbonyl (C=O) groups is 3. The van der Waals surface area contributed by atoms with E-state index in [0.717, 1.165) is 56.7 Å². The lowest BCUT2D eigenvalue weighted by molar-refractivity contribution is -0.137. The number of ether oxygens (including phenoxy) is 1. The van der Waals surface area contributed by atoms with Crippen molar-refractivity contribution in [3.8, 4) is 5.75 Å². The number of amides is 3. The molecule has 0 unspecified atom stereocenters. The molecule has 0 radical (unpaired) electrons. The van der Waals surface area contributed by atoms with Crippen molar-refractivity contribution in [3.05, 3.63) is 87.4 Å². The van der Waals surface area contributed by atoms with Crippen LogP contribution in [0.3, 0.4) is 0 Å². The Balaban J connectivity index is 0.809. The van der Waals surface area contributed by atoms with Gasteiger partial charge in [-0.1, -0.05) is 6.92 Å². The van der Waals surface area contributed by atoms with Gasteiger partial charge in [0.05, 0.1) is 45.5 Å². The van der Waals surface area contributed by atoms with Crippen molar-refractivity contribution >= 4 is 91.5 Å². The number of hydrogen-bond acceptors (Lipinski definition) is 13. The number of aromatic nitrogens is 3. The van der Waals surface area contributed by atoms with Gasteiger partial charge in [0.2, 0.25) is 23.7 Å². The zero-order valence-electron chi connectivity index (χ0n) is 40.6. The summed E-state index contributed by atoms with van der Waals surface area (Å²) in [6.07, 6.45) is 4.98. The monoisotopic (exact) mass is 1060 g/mol. The van der Waals surface area contributed by atoms with E-state index in [1.54, 1.807) is 38.6 Å². The van der Waals surface area contributed by atoms with E-state index in [1.165, 1.54) is 18.2 Å². The number of benzene rings is 3. The number of nitrogens with one attached hydrogen (secondary N) is 3. The predicted octanol–water partition coefficient (Wildman–Crippen LogP) is 8.37. The average molecular weight is 1060 g/mol. The molecule has 376 valence electrons. The lowest BCUT2D eigenvalue weighted by Crippen LogP contribution is -2.55. The molecule has 0 spiro atoms. The molecule has 0 saturated carbocycles. The van der Waals surface area contributed by atoms with E-state index < -0.39 is 42.3 Å². The summed E-state index contributed by atoms with van der Waals surface area (Å²) in [4.78, 5) is 60.1. The van der Waals surface area contributed by atoms with Gasteiger partial charge in [-0.25, -0.2) is 18.2 Å². The average Bonchev–Trinajstić information content (AvgIpc) is 3.84. The summed E-state index contributed by atoms with van der Waals surface area (Å²) in [6.45, 7) is 14.7. The van der Waals surface area contributed by atoms with E-state index in [0.29, 0.717) is 101 Å². The number of hydrogen-bond donors (Lipinski definition) is 3. The van der Waals surface area contributed by atoms with E-state index in [9.17, 15) is 23.3 Å². The fourth-order valence-corrected chi connectivity index (χ4v) is 12.4. The van der Waals surface area contributed by atoms with Crippen LogP contribution in [-0.4, -0.2) is 121 Å².